The van der Waals surface area contributed by atoms with Gasteiger partial charge in [0.25, 0.3) is 0 Å². The molecule has 2 rings (SSSR count). The summed E-state index contributed by atoms with van der Waals surface area (Å²) in [6.07, 6.45) is 4.04. The molecular formula is C15H24N2. The number of hydrogen-bond acceptors (Lipinski definition) is 2. The van der Waals surface area contributed by atoms with Crippen LogP contribution < -0.4 is 10.6 Å². The SMILES string of the molecule is CC(C)C(N)c1ccc(N2CCCCC2)cc1. The maximum Gasteiger partial charge on any atom is 0.0366 e. The molecule has 17 heavy (non-hydrogen) atoms. The van der Waals surface area contributed by atoms with Crippen LogP contribution in [0, 0.1) is 5.92 Å². The van der Waals surface area contributed by atoms with Crippen molar-refractivity contribution in [2.45, 2.75) is 39.2 Å². The van der Waals surface area contributed by atoms with Crippen LogP contribution in [-0.4, -0.2) is 13.1 Å². The number of benzene rings is 1. The lowest BCUT2D eigenvalue weighted by Crippen LogP contribution is -2.29. The van der Waals surface area contributed by atoms with Crippen LogP contribution in [0.25, 0.3) is 0 Å². The Kier molecular flexibility index (Phi) is 4.06. The summed E-state index contributed by atoms with van der Waals surface area (Å²) < 4.78 is 0. The Hall–Kier alpha value is -1.02. The van der Waals surface area contributed by atoms with Crippen LogP contribution in [0.1, 0.15) is 44.7 Å². The summed E-state index contributed by atoms with van der Waals surface area (Å²) in [5.74, 6) is 0.496. The van der Waals surface area contributed by atoms with E-state index in [1.165, 1.54) is 43.6 Å². The molecule has 0 radical (unpaired) electrons. The van der Waals surface area contributed by atoms with E-state index < -0.39 is 0 Å². The molecule has 1 heterocycles. The lowest BCUT2D eigenvalue weighted by Gasteiger charge is -2.29. The van der Waals surface area contributed by atoms with Crippen molar-refractivity contribution in [3.63, 3.8) is 0 Å². The molecule has 1 saturated heterocycles. The van der Waals surface area contributed by atoms with Gasteiger partial charge in [-0.3, -0.25) is 0 Å². The monoisotopic (exact) mass is 232 g/mol. The van der Waals surface area contributed by atoms with E-state index in [-0.39, 0.29) is 6.04 Å². The quantitative estimate of drug-likeness (QED) is 0.866. The van der Waals surface area contributed by atoms with Crippen molar-refractivity contribution in [1.29, 1.82) is 0 Å². The smallest absolute Gasteiger partial charge is 0.0366 e. The first-order valence-corrected chi connectivity index (χ1v) is 6.79. The Morgan fingerprint density at radius 3 is 2.12 bits per heavy atom. The van der Waals surface area contributed by atoms with Crippen LogP contribution in [0.15, 0.2) is 24.3 Å². The summed E-state index contributed by atoms with van der Waals surface area (Å²) in [6.45, 7) is 6.75. The number of rotatable bonds is 3. The Morgan fingerprint density at radius 1 is 1.00 bits per heavy atom. The Bertz CT molecular complexity index is 336. The highest BCUT2D eigenvalue weighted by molar-refractivity contribution is 5.48. The van der Waals surface area contributed by atoms with Gasteiger partial charge in [0.05, 0.1) is 0 Å². The van der Waals surface area contributed by atoms with Gasteiger partial charge in [-0.15, -0.1) is 0 Å². The predicted octanol–water partition coefficient (Wildman–Crippen LogP) is 3.33. The third-order valence-electron chi connectivity index (χ3n) is 3.72. The van der Waals surface area contributed by atoms with Gasteiger partial charge >= 0.3 is 0 Å². The van der Waals surface area contributed by atoms with Gasteiger partial charge in [-0.2, -0.15) is 0 Å². The molecular weight excluding hydrogens is 208 g/mol. The van der Waals surface area contributed by atoms with Gasteiger partial charge in [0.1, 0.15) is 0 Å². The second-order valence-electron chi connectivity index (χ2n) is 5.41. The predicted molar refractivity (Wildman–Crippen MR) is 74.3 cm³/mol. The van der Waals surface area contributed by atoms with Gasteiger partial charge < -0.3 is 10.6 Å². The molecule has 94 valence electrons. The second-order valence-corrected chi connectivity index (χ2v) is 5.41. The molecule has 1 aliphatic heterocycles. The van der Waals surface area contributed by atoms with Gasteiger partial charge in [0.2, 0.25) is 0 Å². The number of anilines is 1. The maximum absolute atomic E-state index is 6.15. The first kappa shape index (κ1) is 12.4. The van der Waals surface area contributed by atoms with Crippen LogP contribution in [0.3, 0.4) is 0 Å². The highest BCUT2D eigenvalue weighted by Crippen LogP contribution is 2.24. The highest BCUT2D eigenvalue weighted by atomic mass is 15.1. The molecule has 0 bridgehead atoms. The van der Waals surface area contributed by atoms with E-state index in [1.807, 2.05) is 0 Å². The molecule has 0 aromatic heterocycles. The fourth-order valence-corrected chi connectivity index (χ4v) is 2.44. The summed E-state index contributed by atoms with van der Waals surface area (Å²) >= 11 is 0. The van der Waals surface area contributed by atoms with Gasteiger partial charge in [-0.1, -0.05) is 26.0 Å². The fourth-order valence-electron chi connectivity index (χ4n) is 2.44. The summed E-state index contributed by atoms with van der Waals surface area (Å²) in [7, 11) is 0. The summed E-state index contributed by atoms with van der Waals surface area (Å²) in [6, 6.07) is 8.99. The highest BCUT2D eigenvalue weighted by Gasteiger charge is 2.13. The third kappa shape index (κ3) is 3.01. The molecule has 0 spiro atoms. The third-order valence-corrected chi connectivity index (χ3v) is 3.72. The van der Waals surface area contributed by atoms with Gasteiger partial charge in [0.15, 0.2) is 0 Å². The van der Waals surface area contributed by atoms with E-state index in [9.17, 15) is 0 Å². The largest absolute Gasteiger partial charge is 0.372 e. The molecule has 2 nitrogen and oxygen atoms in total. The van der Waals surface area contributed by atoms with Crippen LogP contribution in [0.2, 0.25) is 0 Å². The van der Waals surface area contributed by atoms with Crippen molar-refractivity contribution in [3.8, 4) is 0 Å². The Balaban J connectivity index is 2.06. The van der Waals surface area contributed by atoms with Gasteiger partial charge in [0, 0.05) is 24.8 Å². The molecule has 0 amide bonds. The van der Waals surface area contributed by atoms with E-state index in [4.69, 9.17) is 5.73 Å². The number of nitrogens with zero attached hydrogens (tertiary/aromatic N) is 1. The molecule has 1 atom stereocenters. The maximum atomic E-state index is 6.15. The van der Waals surface area contributed by atoms with E-state index in [2.05, 4.69) is 43.0 Å². The number of piperidine rings is 1. The van der Waals surface area contributed by atoms with Gasteiger partial charge in [-0.05, 0) is 42.9 Å². The average Bonchev–Trinajstić information content (AvgIpc) is 2.39. The van der Waals surface area contributed by atoms with Crippen LogP contribution in [0.4, 0.5) is 5.69 Å². The van der Waals surface area contributed by atoms with E-state index in [1.54, 1.807) is 0 Å². The zero-order valence-electron chi connectivity index (χ0n) is 11.0. The van der Waals surface area contributed by atoms with Crippen molar-refractivity contribution in [3.05, 3.63) is 29.8 Å². The van der Waals surface area contributed by atoms with Crippen molar-refractivity contribution in [1.82, 2.24) is 0 Å². The molecule has 0 aliphatic carbocycles. The zero-order valence-corrected chi connectivity index (χ0v) is 11.0. The lowest BCUT2D eigenvalue weighted by molar-refractivity contribution is 0.514. The zero-order chi connectivity index (χ0) is 12.3. The molecule has 1 aromatic carbocycles. The van der Waals surface area contributed by atoms with E-state index >= 15 is 0 Å². The summed E-state index contributed by atoms with van der Waals surface area (Å²) in [5, 5.41) is 0. The first-order valence-electron chi connectivity index (χ1n) is 6.79. The molecule has 0 saturated carbocycles. The molecule has 2 heteroatoms. The Labute approximate surface area is 105 Å². The van der Waals surface area contributed by atoms with Crippen LogP contribution >= 0.6 is 0 Å². The number of nitrogens with two attached hydrogens (primary N) is 1. The summed E-state index contributed by atoms with van der Waals surface area (Å²) in [4.78, 5) is 2.48. The van der Waals surface area contributed by atoms with Crippen molar-refractivity contribution >= 4 is 5.69 Å². The second kappa shape index (κ2) is 5.54. The minimum absolute atomic E-state index is 0.158. The van der Waals surface area contributed by atoms with Crippen molar-refractivity contribution in [2.24, 2.45) is 11.7 Å². The first-order chi connectivity index (χ1) is 8.18. The molecule has 1 unspecified atom stereocenters. The normalized spacial score (nSPS) is 18.5. The standard InChI is InChI=1S/C15H24N2/c1-12(2)15(16)13-6-8-14(9-7-13)17-10-4-3-5-11-17/h6-9,12,15H,3-5,10-11,16H2,1-2H3. The lowest BCUT2D eigenvalue weighted by atomic mass is 9.97. The molecule has 1 aromatic rings. The molecule has 1 aliphatic rings. The number of hydrogen-bond donors (Lipinski definition) is 1. The van der Waals surface area contributed by atoms with Crippen LogP contribution in [-0.2, 0) is 0 Å². The minimum Gasteiger partial charge on any atom is -0.372 e. The van der Waals surface area contributed by atoms with Crippen LogP contribution in [0.5, 0.6) is 0 Å². The van der Waals surface area contributed by atoms with E-state index in [0.29, 0.717) is 5.92 Å². The molecule has 2 N–H and O–H groups in total. The topological polar surface area (TPSA) is 29.3 Å². The van der Waals surface area contributed by atoms with Crippen molar-refractivity contribution in [2.75, 3.05) is 18.0 Å². The van der Waals surface area contributed by atoms with Crippen molar-refractivity contribution < 1.29 is 0 Å². The Morgan fingerprint density at radius 2 is 1.59 bits per heavy atom. The van der Waals surface area contributed by atoms with E-state index in [0.717, 1.165) is 0 Å². The molecule has 1 fully saturated rings. The van der Waals surface area contributed by atoms with Gasteiger partial charge in [-0.25, -0.2) is 0 Å². The fraction of sp³-hybridized carbons (Fsp3) is 0.600. The minimum atomic E-state index is 0.158. The average molecular weight is 232 g/mol. The summed E-state index contributed by atoms with van der Waals surface area (Å²) in [5.41, 5.74) is 8.75.